The molecule has 0 saturated carbocycles. The standard InChI is InChI=1S/C15H26N2O2/c1-4-5-6-7-8-12-11-14(18-2)13(9-10-16)17-15(12)19-3/h11H,4-10,16H2,1-3H3. The summed E-state index contributed by atoms with van der Waals surface area (Å²) in [5.74, 6) is 1.53. The molecule has 0 fully saturated rings. The van der Waals surface area contributed by atoms with Gasteiger partial charge < -0.3 is 15.2 Å². The fourth-order valence-electron chi connectivity index (χ4n) is 2.14. The quantitative estimate of drug-likeness (QED) is 0.698. The Hall–Kier alpha value is -1.29. The molecular formula is C15H26N2O2. The fraction of sp³-hybridized carbons (Fsp3) is 0.667. The zero-order chi connectivity index (χ0) is 14.1. The normalized spacial score (nSPS) is 10.5. The van der Waals surface area contributed by atoms with E-state index in [1.165, 1.54) is 19.3 Å². The second-order valence-corrected chi connectivity index (χ2v) is 4.66. The van der Waals surface area contributed by atoms with Crippen molar-refractivity contribution in [2.45, 2.75) is 45.4 Å². The molecular weight excluding hydrogens is 240 g/mol. The van der Waals surface area contributed by atoms with Crippen molar-refractivity contribution < 1.29 is 9.47 Å². The van der Waals surface area contributed by atoms with Gasteiger partial charge in [-0.15, -0.1) is 0 Å². The SMILES string of the molecule is CCCCCCc1cc(OC)c(CCN)nc1OC. The maximum absolute atomic E-state index is 5.59. The Bertz CT molecular complexity index is 381. The summed E-state index contributed by atoms with van der Waals surface area (Å²) in [4.78, 5) is 4.52. The number of nitrogens with two attached hydrogens (primary N) is 1. The van der Waals surface area contributed by atoms with Crippen molar-refractivity contribution in [3.05, 3.63) is 17.3 Å². The Morgan fingerprint density at radius 3 is 2.47 bits per heavy atom. The lowest BCUT2D eigenvalue weighted by molar-refractivity contribution is 0.376. The first kappa shape index (κ1) is 15.8. The van der Waals surface area contributed by atoms with Crippen LogP contribution in [0.1, 0.15) is 43.9 Å². The summed E-state index contributed by atoms with van der Waals surface area (Å²) >= 11 is 0. The maximum atomic E-state index is 5.59. The van der Waals surface area contributed by atoms with Gasteiger partial charge in [0.1, 0.15) is 5.75 Å². The fourth-order valence-corrected chi connectivity index (χ4v) is 2.14. The van der Waals surface area contributed by atoms with Crippen molar-refractivity contribution in [2.24, 2.45) is 5.73 Å². The van der Waals surface area contributed by atoms with Crippen LogP contribution in [-0.2, 0) is 12.8 Å². The van der Waals surface area contributed by atoms with E-state index in [9.17, 15) is 0 Å². The van der Waals surface area contributed by atoms with Crippen LogP contribution in [0, 0.1) is 0 Å². The summed E-state index contributed by atoms with van der Waals surface area (Å²) in [6.07, 6.45) is 6.61. The van der Waals surface area contributed by atoms with Crippen LogP contribution >= 0.6 is 0 Å². The van der Waals surface area contributed by atoms with E-state index in [4.69, 9.17) is 15.2 Å². The number of ether oxygens (including phenoxy) is 2. The van der Waals surface area contributed by atoms with Gasteiger partial charge in [-0.2, -0.15) is 0 Å². The molecule has 0 aliphatic rings. The first-order chi connectivity index (χ1) is 9.26. The topological polar surface area (TPSA) is 57.4 Å². The highest BCUT2D eigenvalue weighted by Gasteiger charge is 2.12. The van der Waals surface area contributed by atoms with Gasteiger partial charge in [-0.1, -0.05) is 26.2 Å². The van der Waals surface area contributed by atoms with Gasteiger partial charge in [0.15, 0.2) is 0 Å². The molecule has 1 aromatic rings. The molecule has 0 spiro atoms. The van der Waals surface area contributed by atoms with Crippen molar-refractivity contribution in [1.82, 2.24) is 4.98 Å². The highest BCUT2D eigenvalue weighted by atomic mass is 16.5. The van der Waals surface area contributed by atoms with Crippen LogP contribution in [0.25, 0.3) is 0 Å². The minimum absolute atomic E-state index is 0.558. The molecule has 19 heavy (non-hydrogen) atoms. The molecule has 0 atom stereocenters. The molecule has 1 rings (SSSR count). The predicted molar refractivity (Wildman–Crippen MR) is 77.9 cm³/mol. The lowest BCUT2D eigenvalue weighted by Gasteiger charge is -2.13. The highest BCUT2D eigenvalue weighted by Crippen LogP contribution is 2.27. The minimum atomic E-state index is 0.558. The van der Waals surface area contributed by atoms with Gasteiger partial charge in [-0.25, -0.2) is 4.98 Å². The van der Waals surface area contributed by atoms with Gasteiger partial charge in [0.2, 0.25) is 5.88 Å². The maximum Gasteiger partial charge on any atom is 0.216 e. The largest absolute Gasteiger partial charge is 0.495 e. The van der Waals surface area contributed by atoms with E-state index in [2.05, 4.69) is 11.9 Å². The molecule has 2 N–H and O–H groups in total. The zero-order valence-electron chi connectivity index (χ0n) is 12.4. The lowest BCUT2D eigenvalue weighted by Crippen LogP contribution is -2.08. The van der Waals surface area contributed by atoms with Gasteiger partial charge in [0.05, 0.1) is 19.9 Å². The predicted octanol–water partition coefficient (Wildman–Crippen LogP) is 2.72. The van der Waals surface area contributed by atoms with E-state index in [0.29, 0.717) is 18.8 Å². The van der Waals surface area contributed by atoms with E-state index in [1.807, 2.05) is 6.07 Å². The minimum Gasteiger partial charge on any atom is -0.495 e. The Morgan fingerprint density at radius 1 is 1.11 bits per heavy atom. The molecule has 108 valence electrons. The summed E-state index contributed by atoms with van der Waals surface area (Å²) in [6, 6.07) is 2.04. The molecule has 0 unspecified atom stereocenters. The number of aromatic nitrogens is 1. The van der Waals surface area contributed by atoms with Crippen LogP contribution in [0.3, 0.4) is 0 Å². The number of hydrogen-bond acceptors (Lipinski definition) is 4. The van der Waals surface area contributed by atoms with Crippen LogP contribution < -0.4 is 15.2 Å². The van der Waals surface area contributed by atoms with E-state index in [0.717, 1.165) is 29.8 Å². The number of pyridine rings is 1. The Labute approximate surface area is 116 Å². The van der Waals surface area contributed by atoms with Crippen LogP contribution in [-0.4, -0.2) is 25.7 Å². The van der Waals surface area contributed by atoms with Crippen LogP contribution in [0.5, 0.6) is 11.6 Å². The van der Waals surface area contributed by atoms with Gasteiger partial charge >= 0.3 is 0 Å². The van der Waals surface area contributed by atoms with Gasteiger partial charge in [0.25, 0.3) is 0 Å². The number of methoxy groups -OCH3 is 2. The molecule has 0 aromatic carbocycles. The third-order valence-electron chi connectivity index (χ3n) is 3.20. The molecule has 0 saturated heterocycles. The molecule has 1 aromatic heterocycles. The van der Waals surface area contributed by atoms with Crippen molar-refractivity contribution in [3.63, 3.8) is 0 Å². The zero-order valence-corrected chi connectivity index (χ0v) is 12.4. The number of unbranched alkanes of at least 4 members (excludes halogenated alkanes) is 3. The summed E-state index contributed by atoms with van der Waals surface area (Å²) in [7, 11) is 3.33. The van der Waals surface area contributed by atoms with Gasteiger partial charge in [0, 0.05) is 12.0 Å². The average Bonchev–Trinajstić information content (AvgIpc) is 2.44. The number of aryl methyl sites for hydroxylation is 1. The van der Waals surface area contributed by atoms with E-state index in [-0.39, 0.29) is 0 Å². The van der Waals surface area contributed by atoms with Crippen molar-refractivity contribution >= 4 is 0 Å². The number of nitrogens with zero attached hydrogens (tertiary/aromatic N) is 1. The van der Waals surface area contributed by atoms with Crippen molar-refractivity contribution in [2.75, 3.05) is 20.8 Å². The Morgan fingerprint density at radius 2 is 1.89 bits per heavy atom. The second kappa shape index (κ2) is 8.75. The van der Waals surface area contributed by atoms with Crippen LogP contribution in [0.15, 0.2) is 6.07 Å². The summed E-state index contributed by atoms with van der Waals surface area (Å²) in [5, 5.41) is 0. The molecule has 4 heteroatoms. The van der Waals surface area contributed by atoms with E-state index >= 15 is 0 Å². The number of rotatable bonds is 9. The molecule has 0 amide bonds. The number of hydrogen-bond donors (Lipinski definition) is 1. The smallest absolute Gasteiger partial charge is 0.216 e. The lowest BCUT2D eigenvalue weighted by atomic mass is 10.1. The summed E-state index contributed by atoms with van der Waals surface area (Å²) < 4.78 is 10.8. The van der Waals surface area contributed by atoms with Crippen molar-refractivity contribution in [1.29, 1.82) is 0 Å². The first-order valence-electron chi connectivity index (χ1n) is 7.07. The summed E-state index contributed by atoms with van der Waals surface area (Å²) in [6.45, 7) is 2.77. The molecule has 1 heterocycles. The van der Waals surface area contributed by atoms with E-state index < -0.39 is 0 Å². The van der Waals surface area contributed by atoms with Gasteiger partial charge in [-0.3, -0.25) is 0 Å². The monoisotopic (exact) mass is 266 g/mol. The molecule has 4 nitrogen and oxygen atoms in total. The molecule has 0 radical (unpaired) electrons. The molecule has 0 bridgehead atoms. The first-order valence-corrected chi connectivity index (χ1v) is 7.07. The second-order valence-electron chi connectivity index (χ2n) is 4.66. The van der Waals surface area contributed by atoms with Crippen LogP contribution in [0.4, 0.5) is 0 Å². The average molecular weight is 266 g/mol. The summed E-state index contributed by atoms with van der Waals surface area (Å²) in [5.41, 5.74) is 7.59. The molecule has 0 aliphatic heterocycles. The van der Waals surface area contributed by atoms with Gasteiger partial charge in [-0.05, 0) is 25.5 Å². The Balaban J connectivity index is 2.83. The molecule has 0 aliphatic carbocycles. The van der Waals surface area contributed by atoms with E-state index in [1.54, 1.807) is 14.2 Å². The van der Waals surface area contributed by atoms with Crippen LogP contribution in [0.2, 0.25) is 0 Å². The third-order valence-corrected chi connectivity index (χ3v) is 3.20. The third kappa shape index (κ3) is 4.71. The highest BCUT2D eigenvalue weighted by molar-refractivity contribution is 5.39. The van der Waals surface area contributed by atoms with Crippen molar-refractivity contribution in [3.8, 4) is 11.6 Å². The Kier molecular flexibility index (Phi) is 7.26.